The molecule has 0 aliphatic rings. The number of hydrogen-bond donors (Lipinski definition) is 4. The standard InChI is InChI=1S/C16H12F6N4O4S/c1-6(27)23-11-12(29)25-14(26-13(11)30)31-5-10(28)24-9-3-7(15(17,18)19)2-8(4-9)16(20,21)22/h2-4H,5H2,1H3,(H,23,27)(H,24,28)(H2,25,26,29,30). The van der Waals surface area contributed by atoms with Crippen LogP contribution in [0.25, 0.3) is 0 Å². The van der Waals surface area contributed by atoms with Crippen molar-refractivity contribution in [3.63, 3.8) is 0 Å². The number of nitrogens with zero attached hydrogens (tertiary/aromatic N) is 1. The van der Waals surface area contributed by atoms with E-state index in [9.17, 15) is 45.8 Å². The number of benzene rings is 1. The quantitative estimate of drug-likeness (QED) is 0.302. The Bertz CT molecular complexity index is 1040. The Balaban J connectivity index is 2.16. The molecule has 0 saturated carbocycles. The molecule has 15 heteroatoms. The number of halogens is 6. The Kier molecular flexibility index (Phi) is 6.88. The fraction of sp³-hybridized carbons (Fsp3) is 0.250. The van der Waals surface area contributed by atoms with Crippen molar-refractivity contribution >= 4 is 35.0 Å². The lowest BCUT2D eigenvalue weighted by Crippen LogP contribution is -2.20. The molecule has 0 atom stereocenters. The first kappa shape index (κ1) is 24.0. The molecule has 2 aromatic rings. The van der Waals surface area contributed by atoms with Crippen LogP contribution in [0.3, 0.4) is 0 Å². The van der Waals surface area contributed by atoms with Gasteiger partial charge in [-0.1, -0.05) is 11.8 Å². The second-order valence-corrected chi connectivity index (χ2v) is 6.85. The molecule has 4 N–H and O–H groups in total. The molecule has 1 aromatic heterocycles. The van der Waals surface area contributed by atoms with E-state index in [1.54, 1.807) is 0 Å². The predicted octanol–water partition coefficient (Wildman–Crippen LogP) is 3.20. The molecule has 0 fully saturated rings. The van der Waals surface area contributed by atoms with Crippen LogP contribution in [0.4, 0.5) is 37.7 Å². The average Bonchev–Trinajstić information content (AvgIpc) is 2.61. The Morgan fingerprint density at radius 2 is 1.61 bits per heavy atom. The van der Waals surface area contributed by atoms with Crippen molar-refractivity contribution < 1.29 is 41.0 Å². The van der Waals surface area contributed by atoms with Gasteiger partial charge in [-0.05, 0) is 18.2 Å². The van der Waals surface area contributed by atoms with Crippen molar-refractivity contribution in [3.05, 3.63) is 39.7 Å². The SMILES string of the molecule is CC(=O)Nc1c(O)nc(SCC(=O)Nc2cc(C(F)(F)F)cc(C(F)(F)F)c2)[nH]c1=O. The maximum absolute atomic E-state index is 12.9. The molecule has 1 heterocycles. The third kappa shape index (κ3) is 6.63. The summed E-state index contributed by atoms with van der Waals surface area (Å²) >= 11 is 0.527. The van der Waals surface area contributed by atoms with Crippen molar-refractivity contribution in [2.75, 3.05) is 16.4 Å². The highest BCUT2D eigenvalue weighted by Gasteiger charge is 2.37. The van der Waals surface area contributed by atoms with Crippen LogP contribution in [0.2, 0.25) is 0 Å². The molecule has 0 aliphatic carbocycles. The van der Waals surface area contributed by atoms with Crippen LogP contribution < -0.4 is 16.2 Å². The Morgan fingerprint density at radius 3 is 2.06 bits per heavy atom. The summed E-state index contributed by atoms with van der Waals surface area (Å²) in [5.41, 5.74) is -5.43. The Labute approximate surface area is 173 Å². The number of hydrogen-bond acceptors (Lipinski definition) is 6. The summed E-state index contributed by atoms with van der Waals surface area (Å²) in [4.78, 5) is 40.4. The van der Waals surface area contributed by atoms with Crippen LogP contribution >= 0.6 is 11.8 Å². The van der Waals surface area contributed by atoms with Crippen LogP contribution in [0, 0.1) is 0 Å². The molecular formula is C16H12F6N4O4S. The van der Waals surface area contributed by atoms with Gasteiger partial charge in [0.05, 0.1) is 16.9 Å². The van der Waals surface area contributed by atoms with Crippen molar-refractivity contribution in [2.24, 2.45) is 0 Å². The molecular weight excluding hydrogens is 458 g/mol. The van der Waals surface area contributed by atoms with Gasteiger partial charge in [0.25, 0.3) is 5.56 Å². The van der Waals surface area contributed by atoms with E-state index in [1.807, 2.05) is 10.6 Å². The molecule has 0 saturated heterocycles. The van der Waals surface area contributed by atoms with Crippen LogP contribution in [0.1, 0.15) is 18.1 Å². The van der Waals surface area contributed by atoms with Gasteiger partial charge in [0, 0.05) is 12.6 Å². The van der Waals surface area contributed by atoms with Crippen molar-refractivity contribution in [1.82, 2.24) is 9.97 Å². The maximum atomic E-state index is 12.9. The van der Waals surface area contributed by atoms with Crippen molar-refractivity contribution in [1.29, 1.82) is 0 Å². The molecule has 1 aromatic carbocycles. The molecule has 2 amide bonds. The highest BCUT2D eigenvalue weighted by Crippen LogP contribution is 2.37. The Morgan fingerprint density at radius 1 is 1.06 bits per heavy atom. The first-order valence-electron chi connectivity index (χ1n) is 8.00. The number of alkyl halides is 6. The third-order valence-electron chi connectivity index (χ3n) is 3.39. The highest BCUT2D eigenvalue weighted by molar-refractivity contribution is 7.99. The van der Waals surface area contributed by atoms with Gasteiger partial charge in [-0.2, -0.15) is 31.3 Å². The molecule has 2 rings (SSSR count). The van der Waals surface area contributed by atoms with Crippen LogP contribution in [-0.4, -0.2) is 32.6 Å². The van der Waals surface area contributed by atoms with E-state index in [0.717, 1.165) is 6.92 Å². The lowest BCUT2D eigenvalue weighted by Gasteiger charge is -2.14. The van der Waals surface area contributed by atoms with Gasteiger partial charge in [0.15, 0.2) is 10.8 Å². The van der Waals surface area contributed by atoms with Gasteiger partial charge in [0.2, 0.25) is 17.7 Å². The number of rotatable bonds is 5. The molecule has 31 heavy (non-hydrogen) atoms. The lowest BCUT2D eigenvalue weighted by molar-refractivity contribution is -0.143. The van der Waals surface area contributed by atoms with Crippen LogP contribution in [0.15, 0.2) is 28.2 Å². The van der Waals surface area contributed by atoms with Gasteiger partial charge in [0.1, 0.15) is 0 Å². The molecule has 0 unspecified atom stereocenters. The monoisotopic (exact) mass is 470 g/mol. The topological polar surface area (TPSA) is 124 Å². The van der Waals surface area contributed by atoms with Crippen LogP contribution in [0.5, 0.6) is 5.88 Å². The number of anilines is 2. The maximum Gasteiger partial charge on any atom is 0.416 e. The number of carbonyl (C=O) groups excluding carboxylic acids is 2. The number of H-pyrrole nitrogens is 1. The zero-order valence-electron chi connectivity index (χ0n) is 15.2. The zero-order chi connectivity index (χ0) is 23.6. The third-order valence-corrected chi connectivity index (χ3v) is 4.26. The fourth-order valence-electron chi connectivity index (χ4n) is 2.16. The highest BCUT2D eigenvalue weighted by atomic mass is 32.2. The number of carbonyl (C=O) groups is 2. The largest absolute Gasteiger partial charge is 0.492 e. The van der Waals surface area contributed by atoms with Gasteiger partial charge in [-0.3, -0.25) is 19.4 Å². The molecule has 0 bridgehead atoms. The second-order valence-electron chi connectivity index (χ2n) is 5.88. The van der Waals surface area contributed by atoms with Gasteiger partial charge in [-0.25, -0.2) is 0 Å². The summed E-state index contributed by atoms with van der Waals surface area (Å²) in [5, 5.41) is 13.3. The minimum absolute atomic E-state index is 0.0848. The summed E-state index contributed by atoms with van der Waals surface area (Å²) in [6.07, 6.45) is -10.2. The predicted molar refractivity (Wildman–Crippen MR) is 96.6 cm³/mol. The zero-order valence-corrected chi connectivity index (χ0v) is 16.1. The Hall–Kier alpha value is -3.23. The number of nitrogens with one attached hydrogen (secondary N) is 3. The van der Waals surface area contributed by atoms with E-state index in [0.29, 0.717) is 23.9 Å². The second kappa shape index (κ2) is 8.87. The van der Waals surface area contributed by atoms with Gasteiger partial charge >= 0.3 is 12.4 Å². The molecule has 8 nitrogen and oxygen atoms in total. The number of aromatic hydroxyl groups is 1. The van der Waals surface area contributed by atoms with Crippen molar-refractivity contribution in [3.8, 4) is 5.88 Å². The van der Waals surface area contributed by atoms with E-state index in [1.165, 1.54) is 0 Å². The average molecular weight is 470 g/mol. The number of amides is 2. The molecule has 168 valence electrons. The summed E-state index contributed by atoms with van der Waals surface area (Å²) in [6, 6.07) is 0.594. The van der Waals surface area contributed by atoms with Crippen molar-refractivity contribution in [2.45, 2.75) is 24.4 Å². The van der Waals surface area contributed by atoms with Gasteiger partial charge in [-0.15, -0.1) is 0 Å². The summed E-state index contributed by atoms with van der Waals surface area (Å²) in [6.45, 7) is 1.07. The fourth-order valence-corrected chi connectivity index (χ4v) is 2.81. The minimum Gasteiger partial charge on any atom is -0.492 e. The number of aromatic amines is 1. The first-order chi connectivity index (χ1) is 14.2. The van der Waals surface area contributed by atoms with Crippen LogP contribution in [-0.2, 0) is 21.9 Å². The normalized spacial score (nSPS) is 11.8. The molecule has 0 aliphatic heterocycles. The summed E-state index contributed by atoms with van der Waals surface area (Å²) in [5.74, 6) is -3.11. The lowest BCUT2D eigenvalue weighted by atomic mass is 10.1. The van der Waals surface area contributed by atoms with E-state index in [-0.39, 0.29) is 11.2 Å². The minimum atomic E-state index is -5.08. The summed E-state index contributed by atoms with van der Waals surface area (Å²) < 4.78 is 77.1. The number of aromatic nitrogens is 2. The summed E-state index contributed by atoms with van der Waals surface area (Å²) in [7, 11) is 0. The van der Waals surface area contributed by atoms with Gasteiger partial charge < -0.3 is 15.7 Å². The number of thioether (sulfide) groups is 1. The van der Waals surface area contributed by atoms with E-state index < -0.39 is 63.9 Å². The molecule has 0 radical (unpaired) electrons. The van der Waals surface area contributed by atoms with E-state index >= 15 is 0 Å². The first-order valence-corrected chi connectivity index (χ1v) is 8.98. The van der Waals surface area contributed by atoms with E-state index in [2.05, 4.69) is 9.97 Å². The van der Waals surface area contributed by atoms with E-state index in [4.69, 9.17) is 0 Å². The molecule has 0 spiro atoms. The smallest absolute Gasteiger partial charge is 0.416 e.